The molecule has 0 saturated heterocycles. The number of hydrogen-bond donors (Lipinski definition) is 1. The van der Waals surface area contributed by atoms with Gasteiger partial charge >= 0.3 is 11.9 Å². The molecular formula is C17H21NO5. The van der Waals surface area contributed by atoms with Gasteiger partial charge in [0, 0.05) is 5.69 Å². The lowest BCUT2D eigenvalue weighted by Crippen LogP contribution is -2.21. The first kappa shape index (κ1) is 17.0. The number of rotatable bonds is 6. The van der Waals surface area contributed by atoms with Crippen molar-refractivity contribution in [3.8, 4) is 0 Å². The molecule has 1 saturated carbocycles. The number of carbonyl (C=O) groups is 3. The molecule has 0 aliphatic heterocycles. The minimum atomic E-state index is -0.413. The van der Waals surface area contributed by atoms with Gasteiger partial charge in [-0.05, 0) is 50.5 Å². The van der Waals surface area contributed by atoms with Crippen molar-refractivity contribution in [2.75, 3.05) is 11.9 Å². The molecule has 0 heterocycles. The molecule has 2 atom stereocenters. The number of benzene rings is 1. The average molecular weight is 319 g/mol. The second-order valence-electron chi connectivity index (χ2n) is 6.01. The Kier molecular flexibility index (Phi) is 5.36. The van der Waals surface area contributed by atoms with E-state index in [-0.39, 0.29) is 24.6 Å². The highest BCUT2D eigenvalue weighted by Gasteiger charge is 2.40. The quantitative estimate of drug-likeness (QED) is 0.814. The fraction of sp³-hybridized carbons (Fsp3) is 0.471. The Balaban J connectivity index is 1.79. The number of esters is 2. The van der Waals surface area contributed by atoms with Gasteiger partial charge in [-0.15, -0.1) is 0 Å². The highest BCUT2D eigenvalue weighted by molar-refractivity contribution is 5.94. The zero-order valence-corrected chi connectivity index (χ0v) is 13.5. The van der Waals surface area contributed by atoms with Crippen molar-refractivity contribution in [3.63, 3.8) is 0 Å². The summed E-state index contributed by atoms with van der Waals surface area (Å²) < 4.78 is 10.0. The average Bonchev–Trinajstić information content (AvgIpc) is 3.22. The van der Waals surface area contributed by atoms with E-state index in [4.69, 9.17) is 9.47 Å². The summed E-state index contributed by atoms with van der Waals surface area (Å²) >= 11 is 0. The van der Waals surface area contributed by atoms with Gasteiger partial charge in [-0.1, -0.05) is 6.92 Å². The van der Waals surface area contributed by atoms with E-state index in [1.165, 1.54) is 0 Å². The van der Waals surface area contributed by atoms with Gasteiger partial charge in [0.25, 0.3) is 5.91 Å². The number of hydrogen-bond acceptors (Lipinski definition) is 5. The van der Waals surface area contributed by atoms with E-state index < -0.39 is 11.9 Å². The van der Waals surface area contributed by atoms with Gasteiger partial charge < -0.3 is 14.8 Å². The van der Waals surface area contributed by atoms with E-state index in [2.05, 4.69) is 5.32 Å². The van der Waals surface area contributed by atoms with E-state index in [0.717, 1.165) is 6.42 Å². The Labute approximate surface area is 135 Å². The number of carbonyl (C=O) groups excluding carboxylic acids is 3. The van der Waals surface area contributed by atoms with Crippen molar-refractivity contribution in [2.24, 2.45) is 11.8 Å². The van der Waals surface area contributed by atoms with Crippen LogP contribution in [0.15, 0.2) is 24.3 Å². The SMILES string of the molecule is CC(C)OC(=O)c1ccc(NC(=O)COC(=O)[C@@H]2C[C@@H]2C)cc1. The first-order chi connectivity index (χ1) is 10.9. The summed E-state index contributed by atoms with van der Waals surface area (Å²) in [5.74, 6) is -0.855. The van der Waals surface area contributed by atoms with Crippen LogP contribution in [0.5, 0.6) is 0 Å². The summed E-state index contributed by atoms with van der Waals surface area (Å²) in [5.41, 5.74) is 0.929. The van der Waals surface area contributed by atoms with Crippen LogP contribution in [-0.4, -0.2) is 30.6 Å². The third kappa shape index (κ3) is 5.09. The van der Waals surface area contributed by atoms with Crippen LogP contribution in [0, 0.1) is 11.8 Å². The summed E-state index contributed by atoms with van der Waals surface area (Å²) in [6, 6.07) is 6.33. The molecule has 1 amide bonds. The zero-order chi connectivity index (χ0) is 17.0. The molecule has 1 fully saturated rings. The van der Waals surface area contributed by atoms with Gasteiger partial charge in [-0.2, -0.15) is 0 Å². The van der Waals surface area contributed by atoms with Crippen molar-refractivity contribution >= 4 is 23.5 Å². The normalized spacial score (nSPS) is 19.1. The van der Waals surface area contributed by atoms with Crippen molar-refractivity contribution < 1.29 is 23.9 Å². The number of nitrogens with one attached hydrogen (secondary N) is 1. The van der Waals surface area contributed by atoms with Crippen molar-refractivity contribution in [1.29, 1.82) is 0 Å². The molecule has 0 spiro atoms. The summed E-state index contributed by atoms with van der Waals surface area (Å²) in [5, 5.41) is 2.61. The van der Waals surface area contributed by atoms with Gasteiger partial charge in [0.2, 0.25) is 0 Å². The highest BCUT2D eigenvalue weighted by Crippen LogP contribution is 2.38. The Bertz CT molecular complexity index is 594. The van der Waals surface area contributed by atoms with Crippen LogP contribution >= 0.6 is 0 Å². The standard InChI is InChI=1S/C17H21NO5/c1-10(2)23-16(20)12-4-6-13(7-5-12)18-15(19)9-22-17(21)14-8-11(14)3/h4-7,10-11,14H,8-9H2,1-3H3,(H,18,19)/t11-,14+/m0/s1. The molecule has 2 rings (SSSR count). The predicted octanol–water partition coefficient (Wildman–Crippen LogP) is 2.39. The molecule has 1 aliphatic rings. The van der Waals surface area contributed by atoms with E-state index in [1.807, 2.05) is 6.92 Å². The molecule has 0 unspecified atom stereocenters. The molecule has 6 heteroatoms. The lowest BCUT2D eigenvalue weighted by molar-refractivity contribution is -0.148. The topological polar surface area (TPSA) is 81.7 Å². The minimum absolute atomic E-state index is 0.0611. The van der Waals surface area contributed by atoms with Crippen LogP contribution in [0.3, 0.4) is 0 Å². The number of ether oxygens (including phenoxy) is 2. The van der Waals surface area contributed by atoms with Gasteiger partial charge in [-0.25, -0.2) is 4.79 Å². The van der Waals surface area contributed by atoms with Crippen LogP contribution in [0.4, 0.5) is 5.69 Å². The van der Waals surface area contributed by atoms with Gasteiger partial charge in [0.05, 0.1) is 17.6 Å². The maximum absolute atomic E-state index is 11.7. The van der Waals surface area contributed by atoms with Gasteiger partial charge in [-0.3, -0.25) is 9.59 Å². The van der Waals surface area contributed by atoms with E-state index >= 15 is 0 Å². The van der Waals surface area contributed by atoms with E-state index in [9.17, 15) is 14.4 Å². The largest absolute Gasteiger partial charge is 0.459 e. The Morgan fingerprint density at radius 3 is 2.35 bits per heavy atom. The molecule has 124 valence electrons. The molecule has 1 aromatic rings. The lowest BCUT2D eigenvalue weighted by atomic mass is 10.2. The summed E-state index contributed by atoms with van der Waals surface area (Å²) in [7, 11) is 0. The van der Waals surface area contributed by atoms with Crippen LogP contribution < -0.4 is 5.32 Å². The number of amides is 1. The van der Waals surface area contributed by atoms with Crippen molar-refractivity contribution in [2.45, 2.75) is 33.3 Å². The van der Waals surface area contributed by atoms with Crippen LogP contribution in [0.1, 0.15) is 37.6 Å². The number of anilines is 1. The predicted molar refractivity (Wildman–Crippen MR) is 83.9 cm³/mol. The van der Waals surface area contributed by atoms with E-state index in [0.29, 0.717) is 17.2 Å². The summed E-state index contributed by atoms with van der Waals surface area (Å²) in [6.07, 6.45) is 0.639. The van der Waals surface area contributed by atoms with E-state index in [1.54, 1.807) is 38.1 Å². The molecule has 1 N–H and O–H groups in total. The maximum Gasteiger partial charge on any atom is 0.338 e. The molecule has 0 radical (unpaired) electrons. The monoisotopic (exact) mass is 319 g/mol. The van der Waals surface area contributed by atoms with Gasteiger partial charge in [0.15, 0.2) is 6.61 Å². The molecule has 0 bridgehead atoms. The van der Waals surface area contributed by atoms with Gasteiger partial charge in [0.1, 0.15) is 0 Å². The fourth-order valence-electron chi connectivity index (χ4n) is 2.06. The van der Waals surface area contributed by atoms with Crippen molar-refractivity contribution in [1.82, 2.24) is 0 Å². The first-order valence-corrected chi connectivity index (χ1v) is 7.64. The Hall–Kier alpha value is -2.37. The first-order valence-electron chi connectivity index (χ1n) is 7.64. The lowest BCUT2D eigenvalue weighted by Gasteiger charge is -2.09. The van der Waals surface area contributed by atoms with Crippen LogP contribution in [-0.2, 0) is 19.1 Å². The molecule has 0 aromatic heterocycles. The molecule has 1 aromatic carbocycles. The molecule has 23 heavy (non-hydrogen) atoms. The van der Waals surface area contributed by atoms with Crippen LogP contribution in [0.25, 0.3) is 0 Å². The van der Waals surface area contributed by atoms with Crippen molar-refractivity contribution in [3.05, 3.63) is 29.8 Å². The highest BCUT2D eigenvalue weighted by atomic mass is 16.5. The Morgan fingerprint density at radius 1 is 1.22 bits per heavy atom. The maximum atomic E-state index is 11.7. The van der Waals surface area contributed by atoms with Crippen LogP contribution in [0.2, 0.25) is 0 Å². The second-order valence-corrected chi connectivity index (χ2v) is 6.01. The molecule has 6 nitrogen and oxygen atoms in total. The third-order valence-electron chi connectivity index (χ3n) is 3.50. The second kappa shape index (κ2) is 7.26. The summed E-state index contributed by atoms with van der Waals surface area (Å²) in [6.45, 7) is 5.21. The fourth-order valence-corrected chi connectivity index (χ4v) is 2.06. The molecular weight excluding hydrogens is 298 g/mol. The summed E-state index contributed by atoms with van der Waals surface area (Å²) in [4.78, 5) is 34.9. The third-order valence-corrected chi connectivity index (χ3v) is 3.50. The molecule has 1 aliphatic carbocycles. The minimum Gasteiger partial charge on any atom is -0.459 e. The Morgan fingerprint density at radius 2 is 1.83 bits per heavy atom. The zero-order valence-electron chi connectivity index (χ0n) is 13.5. The smallest absolute Gasteiger partial charge is 0.338 e.